The fourth-order valence-electron chi connectivity index (χ4n) is 2.68. The van der Waals surface area contributed by atoms with E-state index in [4.69, 9.17) is 10.5 Å². The van der Waals surface area contributed by atoms with Crippen LogP contribution in [0.1, 0.15) is 15.9 Å². The summed E-state index contributed by atoms with van der Waals surface area (Å²) in [5.74, 6) is 0.622. The highest BCUT2D eigenvalue weighted by atomic mass is 16.5. The molecule has 25 heavy (non-hydrogen) atoms. The molecule has 1 aliphatic heterocycles. The van der Waals surface area contributed by atoms with Gasteiger partial charge < -0.3 is 21.1 Å². The third kappa shape index (κ3) is 4.08. The molecule has 1 aliphatic rings. The van der Waals surface area contributed by atoms with Crippen molar-refractivity contribution in [1.82, 2.24) is 16.2 Å². The van der Waals surface area contributed by atoms with Crippen LogP contribution < -0.4 is 32.0 Å². The van der Waals surface area contributed by atoms with Gasteiger partial charge in [0.1, 0.15) is 11.9 Å². The van der Waals surface area contributed by atoms with Crippen molar-refractivity contribution < 1.29 is 9.53 Å². The molecule has 3 rings (SSSR count). The second-order valence-corrected chi connectivity index (χ2v) is 6.03. The molecule has 3 atom stereocenters. The lowest BCUT2D eigenvalue weighted by Crippen LogP contribution is -2.53. The molecule has 0 bridgehead atoms. The van der Waals surface area contributed by atoms with Gasteiger partial charge in [0.05, 0.1) is 19.3 Å². The highest BCUT2D eigenvalue weighted by Gasteiger charge is 2.34. The van der Waals surface area contributed by atoms with Gasteiger partial charge in [-0.15, -0.1) is 0 Å². The molecule has 2 aromatic carbocycles. The third-order valence-electron chi connectivity index (χ3n) is 4.18. The number of nitrogens with one attached hydrogen (secondary N) is 4. The van der Waals surface area contributed by atoms with E-state index in [1.54, 1.807) is 19.2 Å². The fourth-order valence-corrected chi connectivity index (χ4v) is 2.68. The second kappa shape index (κ2) is 7.52. The highest BCUT2D eigenvalue weighted by molar-refractivity contribution is 5.94. The molecule has 2 aromatic rings. The largest absolute Gasteiger partial charge is 0.497 e. The molecule has 1 heterocycles. The number of carbonyl (C=O) groups excluding carboxylic acids is 1. The molecule has 7 nitrogen and oxygen atoms in total. The first-order valence-corrected chi connectivity index (χ1v) is 8.11. The summed E-state index contributed by atoms with van der Waals surface area (Å²) in [6, 6.07) is 14.6. The first-order valence-electron chi connectivity index (χ1n) is 8.11. The highest BCUT2D eigenvalue weighted by Crippen LogP contribution is 2.17. The quantitative estimate of drug-likeness (QED) is 0.555. The van der Waals surface area contributed by atoms with E-state index in [2.05, 4.69) is 21.5 Å². The number of hydrogen-bond acceptors (Lipinski definition) is 6. The Hall–Kier alpha value is -2.61. The zero-order valence-electron chi connectivity index (χ0n) is 14.2. The molecule has 0 spiro atoms. The van der Waals surface area contributed by atoms with Crippen molar-refractivity contribution in [3.63, 3.8) is 0 Å². The Kier molecular flexibility index (Phi) is 5.18. The smallest absolute Gasteiger partial charge is 0.251 e. The lowest BCUT2D eigenvalue weighted by Gasteiger charge is -2.24. The van der Waals surface area contributed by atoms with Gasteiger partial charge >= 0.3 is 0 Å². The number of hydrogen-bond donors (Lipinski definition) is 5. The molecule has 0 aliphatic carbocycles. The van der Waals surface area contributed by atoms with E-state index in [0.29, 0.717) is 5.56 Å². The van der Waals surface area contributed by atoms with E-state index < -0.39 is 6.17 Å². The predicted molar refractivity (Wildman–Crippen MR) is 97.1 cm³/mol. The van der Waals surface area contributed by atoms with Gasteiger partial charge in [-0.2, -0.15) is 0 Å². The van der Waals surface area contributed by atoms with E-state index in [1.165, 1.54) is 0 Å². The molecule has 1 saturated heterocycles. The van der Waals surface area contributed by atoms with E-state index >= 15 is 0 Å². The minimum Gasteiger partial charge on any atom is -0.497 e. The van der Waals surface area contributed by atoms with Gasteiger partial charge in [0.25, 0.3) is 5.91 Å². The monoisotopic (exact) mass is 341 g/mol. The van der Waals surface area contributed by atoms with E-state index in [-0.39, 0.29) is 18.1 Å². The first kappa shape index (κ1) is 17.2. The molecule has 3 unspecified atom stereocenters. The summed E-state index contributed by atoms with van der Waals surface area (Å²) in [6.07, 6.45) is -0.664. The summed E-state index contributed by atoms with van der Waals surface area (Å²) in [5.41, 5.74) is 14.7. The average Bonchev–Trinajstić information content (AvgIpc) is 2.96. The number of rotatable bonds is 5. The number of nitrogens with two attached hydrogens (primary N) is 1. The average molecular weight is 341 g/mol. The van der Waals surface area contributed by atoms with Gasteiger partial charge in [0.15, 0.2) is 0 Å². The number of methoxy groups -OCH3 is 1. The second-order valence-electron chi connectivity index (χ2n) is 6.03. The Labute approximate surface area is 146 Å². The van der Waals surface area contributed by atoms with Gasteiger partial charge in [-0.1, -0.05) is 17.7 Å². The van der Waals surface area contributed by atoms with Gasteiger partial charge in [0.2, 0.25) is 0 Å². The van der Waals surface area contributed by atoms with Gasteiger partial charge in [-0.25, -0.2) is 10.9 Å². The Morgan fingerprint density at radius 1 is 1.08 bits per heavy atom. The maximum atomic E-state index is 12.5. The zero-order valence-corrected chi connectivity index (χ0v) is 14.2. The lowest BCUT2D eigenvalue weighted by atomic mass is 10.1. The van der Waals surface area contributed by atoms with Gasteiger partial charge in [0, 0.05) is 11.3 Å². The number of anilines is 1. The number of aryl methyl sites for hydroxylation is 1. The van der Waals surface area contributed by atoms with E-state index in [0.717, 1.165) is 17.0 Å². The number of hydrazine groups is 1. The van der Waals surface area contributed by atoms with Gasteiger partial charge in [-0.3, -0.25) is 4.79 Å². The van der Waals surface area contributed by atoms with E-state index in [1.807, 2.05) is 43.3 Å². The maximum absolute atomic E-state index is 12.5. The van der Waals surface area contributed by atoms with Crippen LogP contribution in [0.15, 0.2) is 48.5 Å². The van der Waals surface area contributed by atoms with Crippen molar-refractivity contribution in [2.75, 3.05) is 12.4 Å². The summed E-state index contributed by atoms with van der Waals surface area (Å²) in [6.45, 7) is 1.98. The number of carbonyl (C=O) groups is 1. The van der Waals surface area contributed by atoms with Crippen LogP contribution in [0.4, 0.5) is 5.69 Å². The van der Waals surface area contributed by atoms with Crippen LogP contribution in [-0.4, -0.2) is 31.4 Å². The van der Waals surface area contributed by atoms with Crippen LogP contribution in [0.25, 0.3) is 0 Å². The molecule has 0 saturated carbocycles. The van der Waals surface area contributed by atoms with Crippen molar-refractivity contribution in [3.05, 3.63) is 59.7 Å². The molecule has 0 aromatic heterocycles. The van der Waals surface area contributed by atoms with Crippen molar-refractivity contribution in [2.24, 2.45) is 5.73 Å². The summed E-state index contributed by atoms with van der Waals surface area (Å²) in [5, 5.41) is 6.30. The minimum absolute atomic E-state index is 0.160. The van der Waals surface area contributed by atoms with Crippen molar-refractivity contribution >= 4 is 11.6 Å². The number of ether oxygens (including phenoxy) is 1. The molecular formula is C18H23N5O2. The van der Waals surface area contributed by atoms with Crippen LogP contribution in [0, 0.1) is 6.92 Å². The van der Waals surface area contributed by atoms with Crippen LogP contribution in [-0.2, 0) is 0 Å². The molecular weight excluding hydrogens is 318 g/mol. The standard InChI is InChI=1S/C18H23N5O2/c1-11-3-5-12(6-4-11)18(24)21-15-16(19)22-23-17(15)20-13-7-9-14(25-2)10-8-13/h3-10,15-17,20,22-23H,19H2,1-2H3,(H,21,24). The summed E-state index contributed by atoms with van der Waals surface area (Å²) in [7, 11) is 1.63. The first-order chi connectivity index (χ1) is 12.1. The number of amides is 1. The number of benzene rings is 2. The predicted octanol–water partition coefficient (Wildman–Crippen LogP) is 0.933. The normalized spacial score (nSPS) is 22.4. The topological polar surface area (TPSA) is 100 Å². The summed E-state index contributed by atoms with van der Waals surface area (Å²) in [4.78, 5) is 12.5. The Balaban J connectivity index is 1.67. The van der Waals surface area contributed by atoms with E-state index in [9.17, 15) is 4.79 Å². The molecule has 132 valence electrons. The van der Waals surface area contributed by atoms with Crippen LogP contribution in [0.3, 0.4) is 0 Å². The SMILES string of the molecule is COc1ccc(NC2NNC(N)C2NC(=O)c2ccc(C)cc2)cc1. The summed E-state index contributed by atoms with van der Waals surface area (Å²) >= 11 is 0. The minimum atomic E-state index is -0.412. The Bertz CT molecular complexity index is 717. The molecule has 1 amide bonds. The fraction of sp³-hybridized carbons (Fsp3) is 0.278. The van der Waals surface area contributed by atoms with Gasteiger partial charge in [-0.05, 0) is 43.3 Å². The molecule has 0 radical (unpaired) electrons. The molecule has 1 fully saturated rings. The summed E-state index contributed by atoms with van der Waals surface area (Å²) < 4.78 is 5.15. The maximum Gasteiger partial charge on any atom is 0.251 e. The van der Waals surface area contributed by atoms with Crippen molar-refractivity contribution in [3.8, 4) is 5.75 Å². The van der Waals surface area contributed by atoms with Crippen LogP contribution in [0.2, 0.25) is 0 Å². The van der Waals surface area contributed by atoms with Crippen LogP contribution in [0.5, 0.6) is 5.75 Å². The third-order valence-corrected chi connectivity index (χ3v) is 4.18. The Morgan fingerprint density at radius 3 is 2.40 bits per heavy atom. The van der Waals surface area contributed by atoms with Crippen LogP contribution >= 0.6 is 0 Å². The molecule has 6 N–H and O–H groups in total. The van der Waals surface area contributed by atoms with Crippen molar-refractivity contribution in [1.29, 1.82) is 0 Å². The van der Waals surface area contributed by atoms with Crippen molar-refractivity contribution in [2.45, 2.75) is 25.3 Å². The zero-order chi connectivity index (χ0) is 17.8. The molecule has 7 heteroatoms. The Morgan fingerprint density at radius 2 is 1.76 bits per heavy atom. The lowest BCUT2D eigenvalue weighted by molar-refractivity contribution is 0.0931.